The molecule has 0 aromatic heterocycles. The molecule has 3 rings (SSSR count). The summed E-state index contributed by atoms with van der Waals surface area (Å²) in [5, 5.41) is 17.5. The molecule has 3 N–H and O–H groups in total. The molecule has 0 aliphatic heterocycles. The highest BCUT2D eigenvalue weighted by Crippen LogP contribution is 2.18. The Bertz CT molecular complexity index is 1250. The third-order valence-electron chi connectivity index (χ3n) is 6.55. The van der Waals surface area contributed by atoms with Crippen molar-refractivity contribution in [2.45, 2.75) is 58.7 Å². The highest BCUT2D eigenvalue weighted by Gasteiger charge is 2.24. The Hall–Kier alpha value is -3.26. The van der Waals surface area contributed by atoms with Gasteiger partial charge in [0.2, 0.25) is 0 Å². The van der Waals surface area contributed by atoms with Crippen LogP contribution in [0.2, 0.25) is 5.02 Å². The molecular formula is C32H39ClFN3O3. The van der Waals surface area contributed by atoms with Gasteiger partial charge in [-0.2, -0.15) is 0 Å². The van der Waals surface area contributed by atoms with Gasteiger partial charge in [0.1, 0.15) is 5.82 Å². The number of aliphatic hydroxyl groups excluding tert-OH is 1. The molecule has 0 saturated carbocycles. The summed E-state index contributed by atoms with van der Waals surface area (Å²) in [5.41, 5.74) is 3.16. The summed E-state index contributed by atoms with van der Waals surface area (Å²) in [5.74, 6) is -1.03. The number of hydrogen-bond acceptors (Lipinski definition) is 4. The maximum Gasteiger partial charge on any atom is 0.253 e. The third-order valence-corrected chi connectivity index (χ3v) is 6.76. The largest absolute Gasteiger partial charge is 0.390 e. The lowest BCUT2D eigenvalue weighted by Gasteiger charge is -2.25. The summed E-state index contributed by atoms with van der Waals surface area (Å²) < 4.78 is 14.1. The van der Waals surface area contributed by atoms with E-state index in [2.05, 4.69) is 10.6 Å². The van der Waals surface area contributed by atoms with Gasteiger partial charge in [0, 0.05) is 42.3 Å². The number of carbonyl (C=O) groups is 2. The second kappa shape index (κ2) is 15.5. The number of aliphatic hydroxyl groups is 1. The lowest BCUT2D eigenvalue weighted by atomic mass is 9.99. The van der Waals surface area contributed by atoms with Gasteiger partial charge < -0.3 is 20.6 Å². The van der Waals surface area contributed by atoms with E-state index >= 15 is 0 Å². The van der Waals surface area contributed by atoms with Crippen molar-refractivity contribution in [1.82, 2.24) is 15.5 Å². The van der Waals surface area contributed by atoms with Crippen LogP contribution in [-0.4, -0.2) is 53.6 Å². The van der Waals surface area contributed by atoms with Gasteiger partial charge in [0.05, 0.1) is 12.1 Å². The number of nitrogens with one attached hydrogen (secondary N) is 2. The first-order valence-electron chi connectivity index (χ1n) is 13.8. The van der Waals surface area contributed by atoms with E-state index in [0.717, 1.165) is 24.0 Å². The van der Waals surface area contributed by atoms with Gasteiger partial charge in [-0.15, -0.1) is 0 Å². The zero-order chi connectivity index (χ0) is 29.1. The standard InChI is InChI=1S/C32H39ClFN3O3/c1-4-11-37(12-5-2)32(40)26-14-22(3)13-25(18-26)31(39)36-29(17-24-15-27(33)19-28(34)16-24)30(38)21-35-20-23-9-7-6-8-10-23/h6-10,13-16,18-19,29-30,35,38H,4-5,11-12,17,20-21H2,1-3H3,(H,36,39)/t29-,30+/m0/s1. The first-order valence-corrected chi connectivity index (χ1v) is 14.2. The van der Waals surface area contributed by atoms with Crippen molar-refractivity contribution < 1.29 is 19.1 Å². The molecule has 0 radical (unpaired) electrons. The van der Waals surface area contributed by atoms with E-state index in [0.29, 0.717) is 36.3 Å². The van der Waals surface area contributed by atoms with Crippen LogP contribution in [-0.2, 0) is 13.0 Å². The first-order chi connectivity index (χ1) is 19.2. The molecular weight excluding hydrogens is 529 g/mol. The van der Waals surface area contributed by atoms with Crippen molar-refractivity contribution in [3.8, 4) is 0 Å². The molecule has 2 amide bonds. The average molecular weight is 568 g/mol. The zero-order valence-electron chi connectivity index (χ0n) is 23.4. The zero-order valence-corrected chi connectivity index (χ0v) is 24.2. The van der Waals surface area contributed by atoms with Gasteiger partial charge in [-0.3, -0.25) is 9.59 Å². The second-order valence-corrected chi connectivity index (χ2v) is 10.6. The van der Waals surface area contributed by atoms with E-state index in [9.17, 15) is 19.1 Å². The Labute approximate surface area is 241 Å². The van der Waals surface area contributed by atoms with E-state index in [1.165, 1.54) is 12.1 Å². The number of carbonyl (C=O) groups excluding carboxylic acids is 2. The third kappa shape index (κ3) is 9.44. The molecule has 0 aliphatic carbocycles. The predicted octanol–water partition coefficient (Wildman–Crippen LogP) is 5.54. The van der Waals surface area contributed by atoms with Crippen LogP contribution in [0.3, 0.4) is 0 Å². The monoisotopic (exact) mass is 567 g/mol. The SMILES string of the molecule is CCCN(CCC)C(=O)c1cc(C)cc(C(=O)N[C@@H](Cc2cc(F)cc(Cl)c2)[C@H](O)CNCc2ccccc2)c1. The molecule has 40 heavy (non-hydrogen) atoms. The first kappa shape index (κ1) is 31.3. The van der Waals surface area contributed by atoms with Crippen LogP contribution in [0, 0.1) is 12.7 Å². The van der Waals surface area contributed by atoms with Crippen molar-refractivity contribution >= 4 is 23.4 Å². The number of rotatable bonds is 14. The fraction of sp³-hybridized carbons (Fsp3) is 0.375. The summed E-state index contributed by atoms with van der Waals surface area (Å²) in [7, 11) is 0. The molecule has 0 saturated heterocycles. The Kier molecular flexibility index (Phi) is 12.1. The highest BCUT2D eigenvalue weighted by molar-refractivity contribution is 6.30. The number of amides is 2. The normalized spacial score (nSPS) is 12.6. The van der Waals surface area contributed by atoms with Gasteiger partial charge >= 0.3 is 0 Å². The highest BCUT2D eigenvalue weighted by atomic mass is 35.5. The molecule has 3 aromatic carbocycles. The fourth-order valence-electron chi connectivity index (χ4n) is 4.70. The summed E-state index contributed by atoms with van der Waals surface area (Å²) in [6.07, 6.45) is 0.862. The number of benzene rings is 3. The van der Waals surface area contributed by atoms with Crippen LogP contribution >= 0.6 is 11.6 Å². The van der Waals surface area contributed by atoms with Crippen LogP contribution in [0.15, 0.2) is 66.7 Å². The van der Waals surface area contributed by atoms with Gasteiger partial charge in [-0.05, 0) is 79.3 Å². The van der Waals surface area contributed by atoms with Crippen LogP contribution in [0.25, 0.3) is 0 Å². The minimum absolute atomic E-state index is 0.113. The molecule has 2 atom stereocenters. The van der Waals surface area contributed by atoms with Crippen molar-refractivity contribution in [3.05, 3.63) is 105 Å². The molecule has 6 nitrogen and oxygen atoms in total. The van der Waals surface area contributed by atoms with Crippen LogP contribution in [0.4, 0.5) is 4.39 Å². The van der Waals surface area contributed by atoms with Gasteiger partial charge in [-0.1, -0.05) is 55.8 Å². The summed E-state index contributed by atoms with van der Waals surface area (Å²) in [6.45, 7) is 7.91. The summed E-state index contributed by atoms with van der Waals surface area (Å²) in [6, 6.07) is 18.3. The molecule has 8 heteroatoms. The van der Waals surface area contributed by atoms with Crippen LogP contribution < -0.4 is 10.6 Å². The van der Waals surface area contributed by atoms with E-state index in [1.54, 1.807) is 29.2 Å². The maximum absolute atomic E-state index is 14.1. The van der Waals surface area contributed by atoms with Gasteiger partial charge in [0.15, 0.2) is 0 Å². The maximum atomic E-state index is 14.1. The quantitative estimate of drug-likeness (QED) is 0.239. The van der Waals surface area contributed by atoms with Crippen molar-refractivity contribution in [2.75, 3.05) is 19.6 Å². The van der Waals surface area contributed by atoms with Crippen molar-refractivity contribution in [1.29, 1.82) is 0 Å². The number of aryl methyl sites for hydroxylation is 1. The summed E-state index contributed by atoms with van der Waals surface area (Å²) in [4.78, 5) is 28.5. The summed E-state index contributed by atoms with van der Waals surface area (Å²) >= 11 is 6.06. The van der Waals surface area contributed by atoms with E-state index in [1.807, 2.05) is 51.1 Å². The number of hydrogen-bond donors (Lipinski definition) is 3. The van der Waals surface area contributed by atoms with Crippen molar-refractivity contribution in [2.24, 2.45) is 0 Å². The Morgan fingerprint density at radius 3 is 2.27 bits per heavy atom. The van der Waals surface area contributed by atoms with Crippen molar-refractivity contribution in [3.63, 3.8) is 0 Å². The van der Waals surface area contributed by atoms with E-state index in [-0.39, 0.29) is 23.9 Å². The van der Waals surface area contributed by atoms with E-state index in [4.69, 9.17) is 11.6 Å². The Morgan fingerprint density at radius 2 is 1.62 bits per heavy atom. The molecule has 214 valence electrons. The predicted molar refractivity (Wildman–Crippen MR) is 158 cm³/mol. The fourth-order valence-corrected chi connectivity index (χ4v) is 4.94. The molecule has 0 spiro atoms. The number of halogens is 2. The second-order valence-electron chi connectivity index (χ2n) is 10.1. The molecule has 0 bridgehead atoms. The topological polar surface area (TPSA) is 81.7 Å². The molecule has 0 fully saturated rings. The molecule has 3 aromatic rings. The minimum Gasteiger partial charge on any atom is -0.390 e. The molecule has 0 aliphatic rings. The number of nitrogens with zero attached hydrogens (tertiary/aromatic N) is 1. The Balaban J connectivity index is 1.80. The molecule has 0 unspecified atom stereocenters. The lowest BCUT2D eigenvalue weighted by molar-refractivity contribution is 0.0755. The molecule has 0 heterocycles. The van der Waals surface area contributed by atoms with E-state index < -0.39 is 23.9 Å². The average Bonchev–Trinajstić information content (AvgIpc) is 2.91. The smallest absolute Gasteiger partial charge is 0.253 e. The van der Waals surface area contributed by atoms with Gasteiger partial charge in [-0.25, -0.2) is 4.39 Å². The van der Waals surface area contributed by atoms with Crippen LogP contribution in [0.5, 0.6) is 0 Å². The van der Waals surface area contributed by atoms with Crippen LogP contribution in [0.1, 0.15) is 64.1 Å². The Morgan fingerprint density at radius 1 is 0.950 bits per heavy atom. The van der Waals surface area contributed by atoms with Gasteiger partial charge in [0.25, 0.3) is 11.8 Å². The lowest BCUT2D eigenvalue weighted by Crippen LogP contribution is -2.48. The minimum atomic E-state index is -0.981.